The molecule has 1 saturated heterocycles. The van der Waals surface area contributed by atoms with Gasteiger partial charge in [-0.2, -0.15) is 5.26 Å². The summed E-state index contributed by atoms with van der Waals surface area (Å²) < 4.78 is 2.66. The summed E-state index contributed by atoms with van der Waals surface area (Å²) in [5, 5.41) is 12.6. The number of carbonyl (C=O) groups is 2. The van der Waals surface area contributed by atoms with E-state index in [1.54, 1.807) is 22.9 Å². The second-order valence-electron chi connectivity index (χ2n) is 6.78. The van der Waals surface area contributed by atoms with E-state index in [0.717, 1.165) is 20.9 Å². The standard InChI is InChI=1S/C22H15BrN4O2S/c1-13-10-15(23)6-7-18(13)27-21(29)17(20(28)25-22(27)30)11-14-12-26(9-8-24)19-5-3-2-4-16(14)19/h2-7,10-12H,9H2,1H3,(H,25,28,30)/b17-11+. The van der Waals surface area contributed by atoms with Crippen molar-refractivity contribution in [2.24, 2.45) is 0 Å². The minimum absolute atomic E-state index is 0.0224. The zero-order valence-electron chi connectivity index (χ0n) is 15.8. The second kappa shape index (κ2) is 7.86. The number of halogens is 1. The quantitative estimate of drug-likeness (QED) is 0.349. The van der Waals surface area contributed by atoms with Crippen LogP contribution in [-0.4, -0.2) is 21.5 Å². The fourth-order valence-electron chi connectivity index (χ4n) is 3.50. The van der Waals surface area contributed by atoms with Crippen LogP contribution in [0.25, 0.3) is 17.0 Å². The van der Waals surface area contributed by atoms with Gasteiger partial charge in [0, 0.05) is 27.1 Å². The summed E-state index contributed by atoms with van der Waals surface area (Å²) in [4.78, 5) is 27.3. The van der Waals surface area contributed by atoms with E-state index in [1.165, 1.54) is 4.90 Å². The third-order valence-electron chi connectivity index (χ3n) is 4.86. The zero-order valence-corrected chi connectivity index (χ0v) is 18.3. The fourth-order valence-corrected chi connectivity index (χ4v) is 4.25. The molecule has 2 heterocycles. The fraction of sp³-hybridized carbons (Fsp3) is 0.0909. The molecule has 0 aliphatic carbocycles. The number of aromatic nitrogens is 1. The lowest BCUT2D eigenvalue weighted by Gasteiger charge is -2.30. The van der Waals surface area contributed by atoms with Crippen molar-refractivity contribution in [1.82, 2.24) is 9.88 Å². The van der Waals surface area contributed by atoms with Gasteiger partial charge in [-0.1, -0.05) is 34.1 Å². The van der Waals surface area contributed by atoms with Crippen LogP contribution in [0.4, 0.5) is 5.69 Å². The van der Waals surface area contributed by atoms with Gasteiger partial charge in [0.05, 0.1) is 11.8 Å². The maximum absolute atomic E-state index is 13.3. The lowest BCUT2D eigenvalue weighted by molar-refractivity contribution is -0.122. The van der Waals surface area contributed by atoms with Crippen molar-refractivity contribution in [2.45, 2.75) is 13.5 Å². The number of nitrogens with one attached hydrogen (secondary N) is 1. The molecular formula is C22H15BrN4O2S. The molecule has 1 fully saturated rings. The highest BCUT2D eigenvalue weighted by Crippen LogP contribution is 2.29. The zero-order chi connectivity index (χ0) is 21.4. The number of anilines is 1. The molecule has 0 atom stereocenters. The van der Waals surface area contributed by atoms with Gasteiger partial charge in [0.15, 0.2) is 5.11 Å². The predicted octanol–water partition coefficient (Wildman–Crippen LogP) is 4.07. The topological polar surface area (TPSA) is 78.1 Å². The van der Waals surface area contributed by atoms with E-state index in [-0.39, 0.29) is 17.2 Å². The molecule has 0 saturated carbocycles. The number of para-hydroxylation sites is 1. The molecule has 4 rings (SSSR count). The molecule has 6 nitrogen and oxygen atoms in total. The van der Waals surface area contributed by atoms with Crippen molar-refractivity contribution in [3.8, 4) is 6.07 Å². The number of thiocarbonyl (C=S) groups is 1. The summed E-state index contributed by atoms with van der Waals surface area (Å²) in [6, 6.07) is 15.1. The summed E-state index contributed by atoms with van der Waals surface area (Å²) in [6.45, 7) is 2.03. The molecule has 148 valence electrons. The molecule has 8 heteroatoms. The minimum atomic E-state index is -0.548. The predicted molar refractivity (Wildman–Crippen MR) is 123 cm³/mol. The Hall–Kier alpha value is -3.28. The van der Waals surface area contributed by atoms with E-state index in [4.69, 9.17) is 17.5 Å². The molecule has 1 aliphatic heterocycles. The van der Waals surface area contributed by atoms with Crippen molar-refractivity contribution in [3.63, 3.8) is 0 Å². The number of hydrogen-bond acceptors (Lipinski definition) is 4. The van der Waals surface area contributed by atoms with Crippen LogP contribution in [0.1, 0.15) is 11.1 Å². The number of nitrogens with zero attached hydrogens (tertiary/aromatic N) is 3. The SMILES string of the molecule is Cc1cc(Br)ccc1N1C(=O)/C(=C/c2cn(CC#N)c3ccccc23)C(=O)NC1=S. The Bertz CT molecular complexity index is 1300. The molecule has 30 heavy (non-hydrogen) atoms. The number of benzene rings is 2. The summed E-state index contributed by atoms with van der Waals surface area (Å²) in [5.74, 6) is -1.04. The monoisotopic (exact) mass is 478 g/mol. The Morgan fingerprint density at radius 3 is 2.73 bits per heavy atom. The van der Waals surface area contributed by atoms with Crippen LogP contribution in [0.3, 0.4) is 0 Å². The van der Waals surface area contributed by atoms with Gasteiger partial charge >= 0.3 is 0 Å². The van der Waals surface area contributed by atoms with Gasteiger partial charge in [-0.15, -0.1) is 0 Å². The molecule has 0 bridgehead atoms. The van der Waals surface area contributed by atoms with Gasteiger partial charge in [0.25, 0.3) is 11.8 Å². The number of aryl methyl sites for hydroxylation is 1. The summed E-state index contributed by atoms with van der Waals surface area (Å²) in [7, 11) is 0. The molecule has 0 radical (unpaired) electrons. The lowest BCUT2D eigenvalue weighted by atomic mass is 10.1. The maximum atomic E-state index is 13.3. The number of nitriles is 1. The summed E-state index contributed by atoms with van der Waals surface area (Å²) >= 11 is 8.69. The van der Waals surface area contributed by atoms with Gasteiger partial charge in [-0.3, -0.25) is 19.8 Å². The third kappa shape index (κ3) is 3.43. The average molecular weight is 479 g/mol. The highest BCUT2D eigenvalue weighted by atomic mass is 79.9. The normalized spacial score (nSPS) is 15.6. The third-order valence-corrected chi connectivity index (χ3v) is 5.64. The number of hydrogen-bond donors (Lipinski definition) is 1. The number of fused-ring (bicyclic) bond motifs is 1. The first-order valence-corrected chi connectivity index (χ1v) is 10.2. The smallest absolute Gasteiger partial charge is 0.270 e. The van der Waals surface area contributed by atoms with Crippen molar-refractivity contribution in [1.29, 1.82) is 5.26 Å². The van der Waals surface area contributed by atoms with E-state index in [2.05, 4.69) is 27.3 Å². The molecule has 1 aliphatic rings. The van der Waals surface area contributed by atoms with Crippen LogP contribution < -0.4 is 10.2 Å². The van der Waals surface area contributed by atoms with Crippen LogP contribution in [-0.2, 0) is 16.1 Å². The number of carbonyl (C=O) groups excluding carboxylic acids is 2. The molecule has 0 unspecified atom stereocenters. The summed E-state index contributed by atoms with van der Waals surface area (Å²) in [6.07, 6.45) is 3.32. The molecule has 2 amide bonds. The van der Waals surface area contributed by atoms with Crippen LogP contribution >= 0.6 is 28.1 Å². The van der Waals surface area contributed by atoms with Gasteiger partial charge in [-0.25, -0.2) is 0 Å². The Kier molecular flexibility index (Phi) is 5.24. The van der Waals surface area contributed by atoms with Gasteiger partial charge in [-0.05, 0) is 55.0 Å². The lowest BCUT2D eigenvalue weighted by Crippen LogP contribution is -2.54. The van der Waals surface area contributed by atoms with Crippen LogP contribution in [0, 0.1) is 18.3 Å². The first kappa shape index (κ1) is 20.0. The van der Waals surface area contributed by atoms with Crippen molar-refractivity contribution in [3.05, 3.63) is 69.8 Å². The first-order valence-electron chi connectivity index (χ1n) is 9.03. The highest BCUT2D eigenvalue weighted by molar-refractivity contribution is 9.10. The average Bonchev–Trinajstić information content (AvgIpc) is 3.05. The Balaban J connectivity index is 1.83. The van der Waals surface area contributed by atoms with E-state index < -0.39 is 11.8 Å². The molecule has 2 aromatic carbocycles. The van der Waals surface area contributed by atoms with Crippen LogP contribution in [0.15, 0.2) is 58.7 Å². The van der Waals surface area contributed by atoms with Crippen molar-refractivity contribution in [2.75, 3.05) is 4.90 Å². The largest absolute Gasteiger partial charge is 0.333 e. The van der Waals surface area contributed by atoms with Crippen LogP contribution in [0.5, 0.6) is 0 Å². The Labute approximate surface area is 186 Å². The van der Waals surface area contributed by atoms with Crippen molar-refractivity contribution < 1.29 is 9.59 Å². The number of amides is 2. The van der Waals surface area contributed by atoms with E-state index in [1.807, 2.05) is 43.3 Å². The molecule has 0 spiro atoms. The van der Waals surface area contributed by atoms with Crippen molar-refractivity contribution >= 4 is 67.7 Å². The van der Waals surface area contributed by atoms with E-state index in [0.29, 0.717) is 11.3 Å². The summed E-state index contributed by atoms with van der Waals surface area (Å²) in [5.41, 5.74) is 2.95. The Morgan fingerprint density at radius 1 is 1.23 bits per heavy atom. The highest BCUT2D eigenvalue weighted by Gasteiger charge is 2.35. The first-order chi connectivity index (χ1) is 14.4. The minimum Gasteiger partial charge on any atom is -0.333 e. The van der Waals surface area contributed by atoms with Gasteiger partial charge < -0.3 is 4.57 Å². The Morgan fingerprint density at radius 2 is 2.00 bits per heavy atom. The molecule has 3 aromatic rings. The number of rotatable bonds is 3. The maximum Gasteiger partial charge on any atom is 0.270 e. The second-order valence-corrected chi connectivity index (χ2v) is 8.08. The van der Waals surface area contributed by atoms with Gasteiger partial charge in [0.1, 0.15) is 12.1 Å². The van der Waals surface area contributed by atoms with Gasteiger partial charge in [0.2, 0.25) is 0 Å². The van der Waals surface area contributed by atoms with E-state index >= 15 is 0 Å². The van der Waals surface area contributed by atoms with E-state index in [9.17, 15) is 9.59 Å². The molecular weight excluding hydrogens is 464 g/mol. The molecule has 1 aromatic heterocycles. The molecule has 1 N–H and O–H groups in total. The van der Waals surface area contributed by atoms with Crippen LogP contribution in [0.2, 0.25) is 0 Å².